The minimum Gasteiger partial charge on any atom is -0.393 e. The van der Waals surface area contributed by atoms with Gasteiger partial charge in [-0.3, -0.25) is 0 Å². The quantitative estimate of drug-likeness (QED) is 0.309. The van der Waals surface area contributed by atoms with Gasteiger partial charge in [0.15, 0.2) is 0 Å². The van der Waals surface area contributed by atoms with Crippen molar-refractivity contribution in [2.24, 2.45) is 0 Å². The minimum absolute atomic E-state index is 0.781. The van der Waals surface area contributed by atoms with Crippen LogP contribution in [0.5, 0.6) is 0 Å². The van der Waals surface area contributed by atoms with E-state index in [4.69, 9.17) is 10.2 Å². The van der Waals surface area contributed by atoms with Gasteiger partial charge >= 0.3 is 0 Å². The molecule has 0 aliphatic rings. The second-order valence-electron chi connectivity index (χ2n) is 4.33. The number of aliphatic hydroxyl groups excluding tert-OH is 4. The summed E-state index contributed by atoms with van der Waals surface area (Å²) in [5, 5.41) is 56.1. The van der Waals surface area contributed by atoms with Crippen molar-refractivity contribution in [3.05, 3.63) is 0 Å². The Kier molecular flexibility index (Phi) is 4.66. The van der Waals surface area contributed by atoms with Crippen molar-refractivity contribution in [1.29, 1.82) is 0 Å². The SMILES string of the molecule is CC(O)[C@@H](O)[C@@](C)(O)[C@H](O)[C@](C)(O)CO. The largest absolute Gasteiger partial charge is 0.393 e. The second kappa shape index (κ2) is 4.73. The van der Waals surface area contributed by atoms with E-state index in [-0.39, 0.29) is 0 Å². The summed E-state index contributed by atoms with van der Waals surface area (Å²) >= 11 is 0. The molecule has 6 N–H and O–H groups in total. The molecule has 0 heterocycles. The summed E-state index contributed by atoms with van der Waals surface area (Å²) in [6, 6.07) is 0. The smallest absolute Gasteiger partial charge is 0.119 e. The molecule has 0 saturated carbocycles. The molecule has 0 spiro atoms. The van der Waals surface area contributed by atoms with E-state index in [1.807, 2.05) is 0 Å². The van der Waals surface area contributed by atoms with Crippen molar-refractivity contribution < 1.29 is 30.6 Å². The Bertz CT molecular complexity index is 201. The Hall–Kier alpha value is -0.240. The zero-order valence-electron chi connectivity index (χ0n) is 9.12. The van der Waals surface area contributed by atoms with Crippen LogP contribution in [0.15, 0.2) is 0 Å². The van der Waals surface area contributed by atoms with Gasteiger partial charge in [-0.05, 0) is 20.8 Å². The molecule has 0 saturated heterocycles. The van der Waals surface area contributed by atoms with Crippen molar-refractivity contribution in [3.63, 3.8) is 0 Å². The molecule has 0 aromatic carbocycles. The van der Waals surface area contributed by atoms with Gasteiger partial charge < -0.3 is 30.6 Å². The molecular formula is C9H20O6. The van der Waals surface area contributed by atoms with Crippen LogP contribution in [0.25, 0.3) is 0 Å². The zero-order chi connectivity index (χ0) is 12.4. The van der Waals surface area contributed by atoms with Gasteiger partial charge in [0.2, 0.25) is 0 Å². The van der Waals surface area contributed by atoms with E-state index >= 15 is 0 Å². The predicted molar refractivity (Wildman–Crippen MR) is 52.0 cm³/mol. The maximum absolute atomic E-state index is 9.76. The van der Waals surface area contributed by atoms with Crippen molar-refractivity contribution in [3.8, 4) is 0 Å². The lowest BCUT2D eigenvalue weighted by Gasteiger charge is -2.41. The Labute approximate surface area is 88.4 Å². The molecule has 0 amide bonds. The van der Waals surface area contributed by atoms with Crippen molar-refractivity contribution >= 4 is 0 Å². The minimum atomic E-state index is -2.12. The zero-order valence-corrected chi connectivity index (χ0v) is 9.12. The van der Waals surface area contributed by atoms with Crippen LogP contribution in [0.2, 0.25) is 0 Å². The van der Waals surface area contributed by atoms with Crippen LogP contribution in [-0.2, 0) is 0 Å². The lowest BCUT2D eigenvalue weighted by molar-refractivity contribution is -0.219. The highest BCUT2D eigenvalue weighted by atomic mass is 16.4. The van der Waals surface area contributed by atoms with Crippen LogP contribution in [0.3, 0.4) is 0 Å². The molecule has 0 bridgehead atoms. The summed E-state index contributed by atoms with van der Waals surface area (Å²) in [4.78, 5) is 0. The third-order valence-corrected chi connectivity index (χ3v) is 2.52. The van der Waals surface area contributed by atoms with Gasteiger partial charge in [0.25, 0.3) is 0 Å². The van der Waals surface area contributed by atoms with E-state index in [9.17, 15) is 20.4 Å². The van der Waals surface area contributed by atoms with Gasteiger partial charge in [0.05, 0.1) is 12.7 Å². The van der Waals surface area contributed by atoms with Gasteiger partial charge in [0, 0.05) is 0 Å². The summed E-state index contributed by atoms with van der Waals surface area (Å²) in [6.45, 7) is 2.64. The van der Waals surface area contributed by atoms with Gasteiger partial charge in [0.1, 0.15) is 23.4 Å². The summed E-state index contributed by atoms with van der Waals surface area (Å²) in [5.41, 5.74) is -4.08. The highest BCUT2D eigenvalue weighted by Crippen LogP contribution is 2.25. The van der Waals surface area contributed by atoms with Gasteiger partial charge in [-0.2, -0.15) is 0 Å². The molecule has 0 radical (unpaired) electrons. The summed E-state index contributed by atoms with van der Waals surface area (Å²) in [5.74, 6) is 0. The molecule has 0 aliphatic heterocycles. The van der Waals surface area contributed by atoms with E-state index < -0.39 is 36.1 Å². The Morgan fingerprint density at radius 1 is 1.07 bits per heavy atom. The fraction of sp³-hybridized carbons (Fsp3) is 1.00. The molecule has 6 nitrogen and oxygen atoms in total. The molecule has 1 unspecified atom stereocenters. The van der Waals surface area contributed by atoms with E-state index in [2.05, 4.69) is 0 Å². The van der Waals surface area contributed by atoms with E-state index in [1.54, 1.807) is 0 Å². The number of aliphatic hydroxyl groups is 6. The molecule has 0 rings (SSSR count). The normalized spacial score (nSPS) is 26.2. The number of rotatable bonds is 5. The first-order valence-corrected chi connectivity index (χ1v) is 4.67. The Morgan fingerprint density at radius 3 is 1.73 bits per heavy atom. The lowest BCUT2D eigenvalue weighted by atomic mass is 9.81. The van der Waals surface area contributed by atoms with Crippen LogP contribution in [0.4, 0.5) is 0 Å². The third kappa shape index (κ3) is 3.10. The van der Waals surface area contributed by atoms with Crippen molar-refractivity contribution in [1.82, 2.24) is 0 Å². The molecule has 0 aliphatic carbocycles. The van der Waals surface area contributed by atoms with E-state index in [1.165, 1.54) is 6.92 Å². The first-order valence-electron chi connectivity index (χ1n) is 4.67. The first kappa shape index (κ1) is 14.8. The number of hydrogen-bond donors (Lipinski definition) is 6. The summed E-state index contributed by atoms with van der Waals surface area (Å²) in [7, 11) is 0. The van der Waals surface area contributed by atoms with Crippen LogP contribution in [0, 0.1) is 0 Å². The average Bonchev–Trinajstić information content (AvgIpc) is 2.15. The fourth-order valence-corrected chi connectivity index (χ4v) is 1.37. The van der Waals surface area contributed by atoms with E-state index in [0.717, 1.165) is 13.8 Å². The molecule has 0 aromatic rings. The molecular weight excluding hydrogens is 204 g/mol. The lowest BCUT2D eigenvalue weighted by Crippen LogP contribution is -2.62. The average molecular weight is 224 g/mol. The van der Waals surface area contributed by atoms with Crippen molar-refractivity contribution in [2.75, 3.05) is 6.61 Å². The molecule has 5 atom stereocenters. The van der Waals surface area contributed by atoms with Gasteiger partial charge in [-0.15, -0.1) is 0 Å². The summed E-state index contributed by atoms with van der Waals surface area (Å²) in [6.07, 6.45) is -4.70. The maximum Gasteiger partial charge on any atom is 0.119 e. The maximum atomic E-state index is 9.76. The molecule has 0 fully saturated rings. The molecule has 92 valence electrons. The first-order chi connectivity index (χ1) is 6.57. The second-order valence-corrected chi connectivity index (χ2v) is 4.33. The standard InChI is InChI=1S/C9H20O6/c1-5(11)6(12)9(3,15)7(13)8(2,14)4-10/h5-7,10-15H,4H2,1-3H3/t5?,6-,7-,8-,9-/m1/s1. The van der Waals surface area contributed by atoms with Crippen LogP contribution in [0.1, 0.15) is 20.8 Å². The van der Waals surface area contributed by atoms with E-state index in [0.29, 0.717) is 0 Å². The molecule has 6 heteroatoms. The van der Waals surface area contributed by atoms with Crippen LogP contribution < -0.4 is 0 Å². The third-order valence-electron chi connectivity index (χ3n) is 2.52. The molecule has 15 heavy (non-hydrogen) atoms. The number of hydrogen-bond acceptors (Lipinski definition) is 6. The monoisotopic (exact) mass is 224 g/mol. The van der Waals surface area contributed by atoms with Gasteiger partial charge in [-0.1, -0.05) is 0 Å². The van der Waals surface area contributed by atoms with Crippen LogP contribution >= 0.6 is 0 Å². The highest BCUT2D eigenvalue weighted by molar-refractivity contribution is 4.99. The summed E-state index contributed by atoms with van der Waals surface area (Å²) < 4.78 is 0. The predicted octanol–water partition coefficient (Wildman–Crippen LogP) is -2.42. The van der Waals surface area contributed by atoms with Gasteiger partial charge in [-0.25, -0.2) is 0 Å². The van der Waals surface area contributed by atoms with Crippen LogP contribution in [-0.4, -0.2) is 66.8 Å². The van der Waals surface area contributed by atoms with Crippen molar-refractivity contribution in [2.45, 2.75) is 50.3 Å². The molecule has 0 aromatic heterocycles. The Balaban J connectivity index is 4.87. The highest BCUT2D eigenvalue weighted by Gasteiger charge is 2.48. The fourth-order valence-electron chi connectivity index (χ4n) is 1.37. The Morgan fingerprint density at radius 2 is 1.47 bits per heavy atom. The topological polar surface area (TPSA) is 121 Å².